The van der Waals surface area contributed by atoms with Crippen LogP contribution in [0.15, 0.2) is 36.7 Å². The molecule has 0 unspecified atom stereocenters. The summed E-state index contributed by atoms with van der Waals surface area (Å²) in [5.74, 6) is 0.113. The van der Waals surface area contributed by atoms with E-state index >= 15 is 0 Å². The summed E-state index contributed by atoms with van der Waals surface area (Å²) in [7, 11) is 0. The number of carbonyl (C=O) groups is 1. The van der Waals surface area contributed by atoms with E-state index in [9.17, 15) is 4.79 Å². The number of nitrogens with one attached hydrogen (secondary N) is 1. The van der Waals surface area contributed by atoms with E-state index in [4.69, 9.17) is 0 Å². The predicted octanol–water partition coefficient (Wildman–Crippen LogP) is 2.04. The lowest BCUT2D eigenvalue weighted by Crippen LogP contribution is -2.34. The Morgan fingerprint density at radius 3 is 2.64 bits per heavy atom. The van der Waals surface area contributed by atoms with Gasteiger partial charge in [0.2, 0.25) is 0 Å². The summed E-state index contributed by atoms with van der Waals surface area (Å²) in [6.45, 7) is 5.47. The van der Waals surface area contributed by atoms with E-state index in [0.717, 1.165) is 49.4 Å². The number of hydrogen-bond acceptors (Lipinski definition) is 3. The molecule has 1 aliphatic heterocycles. The molecule has 2 aromatic rings. The molecule has 118 valence electrons. The molecular formula is C16H21ClN4O. The van der Waals surface area contributed by atoms with Crippen molar-refractivity contribution in [1.29, 1.82) is 0 Å². The van der Waals surface area contributed by atoms with Crippen molar-refractivity contribution >= 4 is 18.3 Å². The highest BCUT2D eigenvalue weighted by atomic mass is 35.5. The zero-order valence-electron chi connectivity index (χ0n) is 12.7. The first-order valence-electron chi connectivity index (χ1n) is 7.36. The van der Waals surface area contributed by atoms with Crippen LogP contribution >= 0.6 is 12.4 Å². The fourth-order valence-electron chi connectivity index (χ4n) is 2.54. The number of benzene rings is 1. The summed E-state index contributed by atoms with van der Waals surface area (Å²) >= 11 is 0. The third kappa shape index (κ3) is 3.67. The SMILES string of the molecule is Cc1cnn(-c2ccc(C(=O)N3CCCNCC3)cc2)c1.Cl. The molecule has 2 heterocycles. The van der Waals surface area contributed by atoms with Gasteiger partial charge in [0.05, 0.1) is 11.9 Å². The van der Waals surface area contributed by atoms with Crippen LogP contribution in [-0.4, -0.2) is 46.8 Å². The van der Waals surface area contributed by atoms with Gasteiger partial charge in [-0.3, -0.25) is 4.79 Å². The summed E-state index contributed by atoms with van der Waals surface area (Å²) in [6, 6.07) is 7.64. The zero-order chi connectivity index (χ0) is 14.7. The molecule has 0 saturated carbocycles. The quantitative estimate of drug-likeness (QED) is 0.921. The summed E-state index contributed by atoms with van der Waals surface area (Å²) in [5.41, 5.74) is 2.83. The average molecular weight is 321 g/mol. The van der Waals surface area contributed by atoms with Gasteiger partial charge in [0.25, 0.3) is 5.91 Å². The number of rotatable bonds is 2. The van der Waals surface area contributed by atoms with Crippen molar-refractivity contribution in [2.75, 3.05) is 26.2 Å². The second-order valence-electron chi connectivity index (χ2n) is 5.40. The van der Waals surface area contributed by atoms with Crippen LogP contribution in [0.4, 0.5) is 0 Å². The topological polar surface area (TPSA) is 50.2 Å². The molecule has 0 spiro atoms. The van der Waals surface area contributed by atoms with Gasteiger partial charge in [0.15, 0.2) is 0 Å². The van der Waals surface area contributed by atoms with E-state index in [1.165, 1.54) is 0 Å². The smallest absolute Gasteiger partial charge is 0.253 e. The number of carbonyl (C=O) groups excluding carboxylic acids is 1. The first-order valence-corrected chi connectivity index (χ1v) is 7.36. The van der Waals surface area contributed by atoms with E-state index in [0.29, 0.717) is 0 Å². The predicted molar refractivity (Wildman–Crippen MR) is 88.9 cm³/mol. The van der Waals surface area contributed by atoms with Crippen LogP contribution in [0.5, 0.6) is 0 Å². The molecule has 6 heteroatoms. The van der Waals surface area contributed by atoms with Crippen molar-refractivity contribution in [3.8, 4) is 5.69 Å². The summed E-state index contributed by atoms with van der Waals surface area (Å²) in [6.07, 6.45) is 4.80. The summed E-state index contributed by atoms with van der Waals surface area (Å²) in [5, 5.41) is 7.59. The maximum Gasteiger partial charge on any atom is 0.253 e. The highest BCUT2D eigenvalue weighted by Crippen LogP contribution is 2.12. The largest absolute Gasteiger partial charge is 0.337 e. The van der Waals surface area contributed by atoms with Crippen LogP contribution in [-0.2, 0) is 0 Å². The monoisotopic (exact) mass is 320 g/mol. The molecule has 1 amide bonds. The lowest BCUT2D eigenvalue weighted by Gasteiger charge is -2.20. The number of amides is 1. The average Bonchev–Trinajstić information content (AvgIpc) is 2.77. The van der Waals surface area contributed by atoms with Crippen LogP contribution in [0.2, 0.25) is 0 Å². The molecule has 0 bridgehead atoms. The van der Waals surface area contributed by atoms with Gasteiger partial charge in [-0.15, -0.1) is 12.4 Å². The number of nitrogens with zero attached hydrogens (tertiary/aromatic N) is 3. The van der Waals surface area contributed by atoms with Gasteiger partial charge in [0, 0.05) is 31.4 Å². The molecule has 1 aromatic heterocycles. The standard InChI is InChI=1S/C16H20N4O.ClH/c1-13-11-18-20(12-13)15-5-3-14(4-6-15)16(21)19-9-2-7-17-8-10-19;/h3-6,11-12,17H,2,7-10H2,1H3;1H. The molecule has 1 aliphatic rings. The van der Waals surface area contributed by atoms with E-state index < -0.39 is 0 Å². The van der Waals surface area contributed by atoms with Gasteiger partial charge in [-0.1, -0.05) is 0 Å². The molecule has 1 N–H and O–H groups in total. The third-order valence-corrected chi connectivity index (χ3v) is 3.72. The van der Waals surface area contributed by atoms with E-state index in [1.54, 1.807) is 0 Å². The van der Waals surface area contributed by atoms with Crippen LogP contribution in [0.1, 0.15) is 22.3 Å². The minimum Gasteiger partial charge on any atom is -0.337 e. The van der Waals surface area contributed by atoms with Gasteiger partial charge in [-0.25, -0.2) is 4.68 Å². The minimum atomic E-state index is 0. The lowest BCUT2D eigenvalue weighted by molar-refractivity contribution is 0.0766. The normalized spacial score (nSPS) is 15.0. The fourth-order valence-corrected chi connectivity index (χ4v) is 2.54. The zero-order valence-corrected chi connectivity index (χ0v) is 13.5. The molecule has 0 radical (unpaired) electrons. The van der Waals surface area contributed by atoms with Crippen LogP contribution in [0, 0.1) is 6.92 Å². The van der Waals surface area contributed by atoms with Crippen molar-refractivity contribution in [3.63, 3.8) is 0 Å². The second kappa shape index (κ2) is 7.42. The summed E-state index contributed by atoms with van der Waals surface area (Å²) < 4.78 is 1.82. The Balaban J connectivity index is 0.00000176. The summed E-state index contributed by atoms with van der Waals surface area (Å²) in [4.78, 5) is 14.4. The fraction of sp³-hybridized carbons (Fsp3) is 0.375. The number of halogens is 1. The maximum atomic E-state index is 12.5. The van der Waals surface area contributed by atoms with Crippen LogP contribution in [0.3, 0.4) is 0 Å². The number of aryl methyl sites for hydroxylation is 1. The Morgan fingerprint density at radius 1 is 1.18 bits per heavy atom. The molecule has 3 rings (SSSR count). The van der Waals surface area contributed by atoms with Crippen molar-refractivity contribution in [2.24, 2.45) is 0 Å². The Kier molecular flexibility index (Phi) is 5.57. The minimum absolute atomic E-state index is 0. The Labute approximate surface area is 136 Å². The van der Waals surface area contributed by atoms with Gasteiger partial charge in [-0.2, -0.15) is 5.10 Å². The van der Waals surface area contributed by atoms with E-state index in [1.807, 2.05) is 53.2 Å². The molecule has 1 fully saturated rings. The van der Waals surface area contributed by atoms with Crippen LogP contribution in [0.25, 0.3) is 5.69 Å². The van der Waals surface area contributed by atoms with Crippen molar-refractivity contribution < 1.29 is 4.79 Å². The van der Waals surface area contributed by atoms with Gasteiger partial charge >= 0.3 is 0 Å². The van der Waals surface area contributed by atoms with Crippen molar-refractivity contribution in [2.45, 2.75) is 13.3 Å². The van der Waals surface area contributed by atoms with Gasteiger partial charge < -0.3 is 10.2 Å². The highest BCUT2D eigenvalue weighted by molar-refractivity contribution is 5.94. The van der Waals surface area contributed by atoms with Crippen molar-refractivity contribution in [1.82, 2.24) is 20.0 Å². The van der Waals surface area contributed by atoms with Gasteiger partial charge in [0.1, 0.15) is 0 Å². The Hall–Kier alpha value is -1.85. The first-order chi connectivity index (χ1) is 10.2. The van der Waals surface area contributed by atoms with E-state index in [-0.39, 0.29) is 18.3 Å². The molecule has 0 atom stereocenters. The van der Waals surface area contributed by atoms with Gasteiger partial charge in [-0.05, 0) is 49.7 Å². The first kappa shape index (κ1) is 16.5. The van der Waals surface area contributed by atoms with Crippen LogP contribution < -0.4 is 5.32 Å². The molecule has 22 heavy (non-hydrogen) atoms. The number of aromatic nitrogens is 2. The van der Waals surface area contributed by atoms with E-state index in [2.05, 4.69) is 10.4 Å². The second-order valence-corrected chi connectivity index (χ2v) is 5.40. The van der Waals surface area contributed by atoms with Crippen molar-refractivity contribution in [3.05, 3.63) is 47.8 Å². The molecule has 5 nitrogen and oxygen atoms in total. The maximum absolute atomic E-state index is 12.5. The molecule has 1 aromatic carbocycles. The highest BCUT2D eigenvalue weighted by Gasteiger charge is 2.16. The third-order valence-electron chi connectivity index (χ3n) is 3.72. The molecular weight excluding hydrogens is 300 g/mol. The number of hydrogen-bond donors (Lipinski definition) is 1. The Bertz CT molecular complexity index is 615. The molecule has 1 saturated heterocycles. The molecule has 0 aliphatic carbocycles. The lowest BCUT2D eigenvalue weighted by atomic mass is 10.1. The Morgan fingerprint density at radius 2 is 1.95 bits per heavy atom.